The van der Waals surface area contributed by atoms with Crippen LogP contribution >= 0.6 is 0 Å². The predicted molar refractivity (Wildman–Crippen MR) is 108 cm³/mol. The standard InChI is InChI=1S/C22H24N4O2/c23-21(27)16-7-9-17(10-8-16)22-24-19-11-13-26(15-20(19)25-22)12-4-14-28-18-5-2-1-3-6-18/h1-3,5-10H,4,11-15H2,(H2,23,27)(H,24,25). The van der Waals surface area contributed by atoms with Crippen LogP contribution in [0.2, 0.25) is 0 Å². The molecule has 2 heterocycles. The molecular formula is C22H24N4O2. The molecule has 0 aliphatic carbocycles. The van der Waals surface area contributed by atoms with Crippen molar-refractivity contribution < 1.29 is 9.53 Å². The fourth-order valence-electron chi connectivity index (χ4n) is 3.46. The van der Waals surface area contributed by atoms with Gasteiger partial charge in [0.2, 0.25) is 5.91 Å². The van der Waals surface area contributed by atoms with Crippen molar-refractivity contribution >= 4 is 5.91 Å². The molecule has 0 spiro atoms. The number of benzene rings is 2. The van der Waals surface area contributed by atoms with Gasteiger partial charge in [-0.15, -0.1) is 0 Å². The zero-order valence-corrected chi connectivity index (χ0v) is 15.7. The Balaban J connectivity index is 1.32. The van der Waals surface area contributed by atoms with Gasteiger partial charge in [-0.2, -0.15) is 0 Å². The van der Waals surface area contributed by atoms with E-state index in [1.165, 1.54) is 5.69 Å². The number of hydrogen-bond donors (Lipinski definition) is 2. The number of H-pyrrole nitrogens is 1. The van der Waals surface area contributed by atoms with Gasteiger partial charge in [-0.1, -0.05) is 30.3 Å². The van der Waals surface area contributed by atoms with Crippen LogP contribution in [0.15, 0.2) is 54.6 Å². The molecule has 1 amide bonds. The van der Waals surface area contributed by atoms with Gasteiger partial charge in [0.05, 0.1) is 18.0 Å². The van der Waals surface area contributed by atoms with E-state index in [0.717, 1.165) is 55.3 Å². The number of primary amides is 1. The first kappa shape index (κ1) is 18.3. The summed E-state index contributed by atoms with van der Waals surface area (Å²) < 4.78 is 5.78. The fourth-order valence-corrected chi connectivity index (χ4v) is 3.46. The number of nitrogens with zero attached hydrogens (tertiary/aromatic N) is 2. The largest absolute Gasteiger partial charge is 0.494 e. The number of ether oxygens (including phenoxy) is 1. The van der Waals surface area contributed by atoms with Crippen molar-refractivity contribution in [1.82, 2.24) is 14.9 Å². The number of hydrogen-bond acceptors (Lipinski definition) is 4. The molecule has 3 N–H and O–H groups in total. The molecule has 6 nitrogen and oxygen atoms in total. The summed E-state index contributed by atoms with van der Waals surface area (Å²) in [6, 6.07) is 17.1. The average molecular weight is 376 g/mol. The summed E-state index contributed by atoms with van der Waals surface area (Å²) in [5.41, 5.74) is 9.07. The molecule has 0 radical (unpaired) electrons. The lowest BCUT2D eigenvalue weighted by Gasteiger charge is -2.25. The molecule has 3 aromatic rings. The summed E-state index contributed by atoms with van der Waals surface area (Å²) in [5, 5.41) is 0. The van der Waals surface area contributed by atoms with Gasteiger partial charge in [0.1, 0.15) is 11.6 Å². The van der Waals surface area contributed by atoms with Gasteiger partial charge < -0.3 is 15.5 Å². The van der Waals surface area contributed by atoms with E-state index in [2.05, 4.69) is 9.88 Å². The van der Waals surface area contributed by atoms with Gasteiger partial charge in [0, 0.05) is 37.2 Å². The molecule has 1 aliphatic heterocycles. The number of fused-ring (bicyclic) bond motifs is 1. The van der Waals surface area contributed by atoms with E-state index in [0.29, 0.717) is 12.2 Å². The van der Waals surface area contributed by atoms with E-state index in [1.54, 1.807) is 12.1 Å². The van der Waals surface area contributed by atoms with Crippen LogP contribution in [0, 0.1) is 0 Å². The number of carbonyl (C=O) groups is 1. The highest BCUT2D eigenvalue weighted by Crippen LogP contribution is 2.23. The van der Waals surface area contributed by atoms with Gasteiger partial charge in [-0.3, -0.25) is 9.69 Å². The lowest BCUT2D eigenvalue weighted by Crippen LogP contribution is -2.32. The summed E-state index contributed by atoms with van der Waals surface area (Å²) in [4.78, 5) is 21.8. The number of imidazole rings is 1. The van der Waals surface area contributed by atoms with Crippen LogP contribution in [0.3, 0.4) is 0 Å². The van der Waals surface area contributed by atoms with Crippen molar-refractivity contribution in [2.75, 3.05) is 19.7 Å². The van der Waals surface area contributed by atoms with E-state index in [1.807, 2.05) is 42.5 Å². The van der Waals surface area contributed by atoms with Gasteiger partial charge in [-0.25, -0.2) is 4.98 Å². The Morgan fingerprint density at radius 2 is 1.93 bits per heavy atom. The van der Waals surface area contributed by atoms with E-state index in [4.69, 9.17) is 15.5 Å². The highest BCUT2D eigenvalue weighted by Gasteiger charge is 2.20. The lowest BCUT2D eigenvalue weighted by atomic mass is 10.1. The van der Waals surface area contributed by atoms with E-state index in [9.17, 15) is 4.79 Å². The molecule has 1 aromatic heterocycles. The molecule has 6 heteroatoms. The second-order valence-corrected chi connectivity index (χ2v) is 6.99. The summed E-state index contributed by atoms with van der Waals surface area (Å²) in [6.07, 6.45) is 1.92. The maximum atomic E-state index is 11.2. The average Bonchev–Trinajstić information content (AvgIpc) is 3.15. The summed E-state index contributed by atoms with van der Waals surface area (Å²) in [5.74, 6) is 1.34. The summed E-state index contributed by atoms with van der Waals surface area (Å²) in [7, 11) is 0. The zero-order chi connectivity index (χ0) is 19.3. The normalized spacial score (nSPS) is 13.9. The number of rotatable bonds is 7. The van der Waals surface area contributed by atoms with Crippen LogP contribution in [-0.4, -0.2) is 40.5 Å². The van der Waals surface area contributed by atoms with Crippen molar-refractivity contribution in [3.05, 3.63) is 71.5 Å². The van der Waals surface area contributed by atoms with E-state index >= 15 is 0 Å². The molecule has 0 bridgehead atoms. The summed E-state index contributed by atoms with van der Waals surface area (Å²) in [6.45, 7) is 3.58. The van der Waals surface area contributed by atoms with Crippen molar-refractivity contribution in [3.63, 3.8) is 0 Å². The molecule has 0 atom stereocenters. The van der Waals surface area contributed by atoms with Crippen molar-refractivity contribution in [3.8, 4) is 17.1 Å². The fraction of sp³-hybridized carbons (Fsp3) is 0.273. The molecule has 2 aromatic carbocycles. The smallest absolute Gasteiger partial charge is 0.248 e. The number of nitrogens with one attached hydrogen (secondary N) is 1. The molecule has 0 unspecified atom stereocenters. The first-order valence-corrected chi connectivity index (χ1v) is 9.57. The van der Waals surface area contributed by atoms with Crippen LogP contribution < -0.4 is 10.5 Å². The molecule has 0 saturated heterocycles. The Labute approximate surface area is 164 Å². The Bertz CT molecular complexity index is 935. The van der Waals surface area contributed by atoms with Crippen LogP contribution in [0.1, 0.15) is 28.2 Å². The minimum Gasteiger partial charge on any atom is -0.494 e. The van der Waals surface area contributed by atoms with Gasteiger partial charge in [0.25, 0.3) is 0 Å². The second kappa shape index (κ2) is 8.27. The van der Waals surface area contributed by atoms with E-state index < -0.39 is 5.91 Å². The minimum absolute atomic E-state index is 0.419. The van der Waals surface area contributed by atoms with E-state index in [-0.39, 0.29) is 0 Å². The molecular weight excluding hydrogens is 352 g/mol. The second-order valence-electron chi connectivity index (χ2n) is 6.99. The Morgan fingerprint density at radius 1 is 1.14 bits per heavy atom. The SMILES string of the molecule is NC(=O)c1ccc(-c2nc3c([nH]2)CN(CCCOc2ccccc2)CC3)cc1. The van der Waals surface area contributed by atoms with Crippen molar-refractivity contribution in [1.29, 1.82) is 0 Å². The molecule has 144 valence electrons. The molecule has 28 heavy (non-hydrogen) atoms. The minimum atomic E-state index is -0.419. The number of aromatic amines is 1. The summed E-state index contributed by atoms with van der Waals surface area (Å²) >= 11 is 0. The first-order chi connectivity index (χ1) is 13.7. The predicted octanol–water partition coefficient (Wildman–Crippen LogP) is 3.00. The molecule has 0 saturated carbocycles. The van der Waals surface area contributed by atoms with Crippen LogP contribution in [0.4, 0.5) is 0 Å². The Hall–Kier alpha value is -3.12. The number of para-hydroxylation sites is 1. The highest BCUT2D eigenvalue weighted by molar-refractivity contribution is 5.93. The number of carbonyl (C=O) groups excluding carboxylic acids is 1. The van der Waals surface area contributed by atoms with Crippen LogP contribution in [0.5, 0.6) is 5.75 Å². The maximum Gasteiger partial charge on any atom is 0.248 e. The van der Waals surface area contributed by atoms with Crippen LogP contribution in [-0.2, 0) is 13.0 Å². The van der Waals surface area contributed by atoms with Gasteiger partial charge in [0.15, 0.2) is 0 Å². The molecule has 1 aliphatic rings. The Kier molecular flexibility index (Phi) is 5.39. The molecule has 4 rings (SSSR count). The first-order valence-electron chi connectivity index (χ1n) is 9.57. The highest BCUT2D eigenvalue weighted by atomic mass is 16.5. The molecule has 0 fully saturated rings. The third-order valence-corrected chi connectivity index (χ3v) is 4.98. The lowest BCUT2D eigenvalue weighted by molar-refractivity contribution is 0.100. The number of amides is 1. The third-order valence-electron chi connectivity index (χ3n) is 4.98. The third kappa shape index (κ3) is 4.23. The number of nitrogens with two attached hydrogens (primary N) is 1. The quantitative estimate of drug-likeness (QED) is 0.621. The van der Waals surface area contributed by atoms with Crippen molar-refractivity contribution in [2.24, 2.45) is 5.73 Å². The monoisotopic (exact) mass is 376 g/mol. The zero-order valence-electron chi connectivity index (χ0n) is 15.7. The number of aromatic nitrogens is 2. The van der Waals surface area contributed by atoms with Crippen molar-refractivity contribution in [2.45, 2.75) is 19.4 Å². The maximum absolute atomic E-state index is 11.2. The van der Waals surface area contributed by atoms with Gasteiger partial charge >= 0.3 is 0 Å². The topological polar surface area (TPSA) is 84.2 Å². The Morgan fingerprint density at radius 3 is 2.68 bits per heavy atom. The van der Waals surface area contributed by atoms with Gasteiger partial charge in [-0.05, 0) is 30.7 Å². The van der Waals surface area contributed by atoms with Crippen LogP contribution in [0.25, 0.3) is 11.4 Å².